The van der Waals surface area contributed by atoms with Gasteiger partial charge in [0, 0.05) is 19.3 Å². The zero-order chi connectivity index (χ0) is 29.4. The molecule has 8 heteroatoms. The molecule has 0 aromatic heterocycles. The summed E-state index contributed by atoms with van der Waals surface area (Å²) in [7, 11) is 5.35. The summed E-state index contributed by atoms with van der Waals surface area (Å²) in [6.45, 7) is 4.06. The Kier molecular flexibility index (Phi) is 22.7. The largest absolute Gasteiger partial charge is 0.544 e. The van der Waals surface area contributed by atoms with E-state index in [9.17, 15) is 19.5 Å². The maximum atomic E-state index is 12.3. The van der Waals surface area contributed by atoms with Crippen LogP contribution in [-0.4, -0.2) is 75.5 Å². The number of carbonyl (C=O) groups excluding carboxylic acids is 3. The quantitative estimate of drug-likeness (QED) is 0.0632. The third-order valence-corrected chi connectivity index (χ3v) is 6.71. The normalized spacial score (nSPS) is 13.4. The molecule has 0 aliphatic rings. The first-order chi connectivity index (χ1) is 18.6. The van der Waals surface area contributed by atoms with Crippen molar-refractivity contribution in [2.24, 2.45) is 0 Å². The van der Waals surface area contributed by atoms with Gasteiger partial charge >= 0.3 is 11.9 Å². The molecule has 0 aromatic carbocycles. The first-order valence-electron chi connectivity index (χ1n) is 15.2. The summed E-state index contributed by atoms with van der Waals surface area (Å²) in [4.78, 5) is 35.3. The number of unbranched alkanes of at least 4 members (excludes halogenated alkanes) is 11. The lowest BCUT2D eigenvalue weighted by Crippen LogP contribution is -2.55. The molecule has 39 heavy (non-hydrogen) atoms. The number of allylic oxidation sites excluding steroid dienone is 2. The highest BCUT2D eigenvalue weighted by molar-refractivity contribution is 5.70. The lowest BCUT2D eigenvalue weighted by molar-refractivity contribution is -0.889. The van der Waals surface area contributed by atoms with Crippen molar-refractivity contribution in [3.63, 3.8) is 0 Å². The SMILES string of the molecule is CCCCCCCC/C=C\CCCCCCCC(=O)OC(COCCC(C(=O)[O-])[N+](C)(C)C)COC(=O)CC. The second kappa shape index (κ2) is 23.9. The second-order valence-electron chi connectivity index (χ2n) is 11.3. The van der Waals surface area contributed by atoms with Gasteiger partial charge in [-0.2, -0.15) is 0 Å². The van der Waals surface area contributed by atoms with Crippen LogP contribution in [0.1, 0.15) is 117 Å². The van der Waals surface area contributed by atoms with E-state index >= 15 is 0 Å². The summed E-state index contributed by atoms with van der Waals surface area (Å²) in [6, 6.07) is -0.718. The fraction of sp³-hybridized carbons (Fsp3) is 0.839. The van der Waals surface area contributed by atoms with Gasteiger partial charge in [0.05, 0.1) is 40.3 Å². The predicted octanol–water partition coefficient (Wildman–Crippen LogP) is 5.12. The number of likely N-dealkylation sites (N-methyl/N-ethyl adjacent to an activating group) is 1. The smallest absolute Gasteiger partial charge is 0.306 e. The van der Waals surface area contributed by atoms with Gasteiger partial charge in [-0.05, 0) is 32.1 Å². The van der Waals surface area contributed by atoms with Crippen molar-refractivity contribution in [1.82, 2.24) is 0 Å². The molecule has 2 atom stereocenters. The molecular weight excluding hydrogens is 498 g/mol. The van der Waals surface area contributed by atoms with E-state index in [2.05, 4.69) is 19.1 Å². The summed E-state index contributed by atoms with van der Waals surface area (Å²) in [6.07, 6.45) is 20.2. The number of esters is 2. The van der Waals surface area contributed by atoms with Gasteiger partial charge in [0.25, 0.3) is 0 Å². The first-order valence-corrected chi connectivity index (χ1v) is 15.2. The standard InChI is InChI=1S/C31H57NO7/c1-6-8-9-10-11-12-13-14-15-16-17-18-19-20-21-22-30(34)39-27(26-38-29(33)7-2)25-37-24-23-28(31(35)36)32(3,4)5/h14-15,27-28H,6-13,16-26H2,1-5H3/b15-14-. The van der Waals surface area contributed by atoms with Gasteiger partial charge in [-0.25, -0.2) is 0 Å². The lowest BCUT2D eigenvalue weighted by Gasteiger charge is -2.34. The number of hydrogen-bond acceptors (Lipinski definition) is 7. The van der Waals surface area contributed by atoms with Gasteiger partial charge < -0.3 is 28.6 Å². The summed E-state index contributed by atoms with van der Waals surface area (Å²) >= 11 is 0. The number of aliphatic carboxylic acids is 1. The molecule has 0 radical (unpaired) electrons. The number of ether oxygens (including phenoxy) is 3. The van der Waals surface area contributed by atoms with Gasteiger partial charge in [0.1, 0.15) is 12.6 Å². The highest BCUT2D eigenvalue weighted by Crippen LogP contribution is 2.12. The Hall–Kier alpha value is -1.93. The summed E-state index contributed by atoms with van der Waals surface area (Å²) in [5, 5.41) is 11.4. The van der Waals surface area contributed by atoms with E-state index < -0.39 is 18.1 Å². The van der Waals surface area contributed by atoms with Crippen LogP contribution in [0.3, 0.4) is 0 Å². The van der Waals surface area contributed by atoms with Crippen LogP contribution < -0.4 is 5.11 Å². The molecule has 8 nitrogen and oxygen atoms in total. The fourth-order valence-corrected chi connectivity index (χ4v) is 4.22. The number of carbonyl (C=O) groups is 3. The van der Waals surface area contributed by atoms with E-state index in [0.29, 0.717) is 6.42 Å². The maximum Gasteiger partial charge on any atom is 0.306 e. The average Bonchev–Trinajstić information content (AvgIpc) is 2.87. The summed E-state index contributed by atoms with van der Waals surface area (Å²) in [5.74, 6) is -1.85. The van der Waals surface area contributed by atoms with E-state index in [1.54, 1.807) is 28.1 Å². The van der Waals surface area contributed by atoms with Gasteiger partial charge in [-0.1, -0.05) is 77.4 Å². The van der Waals surface area contributed by atoms with E-state index in [-0.39, 0.29) is 49.1 Å². The second-order valence-corrected chi connectivity index (χ2v) is 11.3. The number of rotatable bonds is 26. The van der Waals surface area contributed by atoms with E-state index in [0.717, 1.165) is 32.1 Å². The molecule has 0 aliphatic carbocycles. The van der Waals surface area contributed by atoms with Crippen LogP contribution in [0.25, 0.3) is 0 Å². The Labute approximate surface area is 238 Å². The molecule has 0 saturated heterocycles. The number of hydrogen-bond donors (Lipinski definition) is 0. The molecule has 2 unspecified atom stereocenters. The Morgan fingerprint density at radius 3 is 1.87 bits per heavy atom. The van der Waals surface area contributed by atoms with Crippen LogP contribution in [0.2, 0.25) is 0 Å². The van der Waals surface area contributed by atoms with Crippen molar-refractivity contribution in [1.29, 1.82) is 0 Å². The zero-order valence-electron chi connectivity index (χ0n) is 25.5. The number of nitrogens with zero attached hydrogens (tertiary/aromatic N) is 1. The van der Waals surface area contributed by atoms with Crippen LogP contribution >= 0.6 is 0 Å². The molecule has 0 N–H and O–H groups in total. The average molecular weight is 556 g/mol. The Morgan fingerprint density at radius 1 is 0.769 bits per heavy atom. The van der Waals surface area contributed by atoms with Gasteiger partial charge in [-0.15, -0.1) is 0 Å². The van der Waals surface area contributed by atoms with Crippen LogP contribution in [0.15, 0.2) is 12.2 Å². The van der Waals surface area contributed by atoms with E-state index in [1.165, 1.54) is 51.4 Å². The predicted molar refractivity (Wildman–Crippen MR) is 153 cm³/mol. The van der Waals surface area contributed by atoms with Crippen molar-refractivity contribution >= 4 is 17.9 Å². The maximum absolute atomic E-state index is 12.3. The number of quaternary nitrogens is 1. The molecule has 0 heterocycles. The molecule has 0 aliphatic heterocycles. The van der Waals surface area contributed by atoms with Crippen molar-refractivity contribution in [3.8, 4) is 0 Å². The molecule has 0 aromatic rings. The lowest BCUT2D eigenvalue weighted by atomic mass is 10.1. The van der Waals surface area contributed by atoms with Gasteiger partial charge in [0.2, 0.25) is 0 Å². The minimum absolute atomic E-state index is 0.0337. The Bertz CT molecular complexity index is 672. The van der Waals surface area contributed by atoms with Crippen molar-refractivity contribution in [3.05, 3.63) is 12.2 Å². The summed E-state index contributed by atoms with van der Waals surface area (Å²) in [5.41, 5.74) is 0. The minimum Gasteiger partial charge on any atom is -0.544 e. The summed E-state index contributed by atoms with van der Waals surface area (Å²) < 4.78 is 16.5. The molecule has 0 rings (SSSR count). The fourth-order valence-electron chi connectivity index (χ4n) is 4.22. The van der Waals surface area contributed by atoms with Crippen LogP contribution in [0, 0.1) is 0 Å². The molecule has 0 amide bonds. The molecular formula is C31H57NO7. The minimum atomic E-state index is -1.13. The molecule has 0 spiro atoms. The molecule has 0 fully saturated rings. The Morgan fingerprint density at radius 2 is 1.33 bits per heavy atom. The van der Waals surface area contributed by atoms with E-state index in [4.69, 9.17) is 14.2 Å². The van der Waals surface area contributed by atoms with E-state index in [1.807, 2.05) is 0 Å². The third kappa shape index (κ3) is 22.6. The van der Waals surface area contributed by atoms with Crippen molar-refractivity contribution in [2.75, 3.05) is 41.0 Å². The van der Waals surface area contributed by atoms with Crippen molar-refractivity contribution < 1.29 is 38.2 Å². The van der Waals surface area contributed by atoms with Gasteiger partial charge in [0.15, 0.2) is 6.10 Å². The number of carboxylic acids is 1. The first kappa shape index (κ1) is 37.1. The van der Waals surface area contributed by atoms with Crippen LogP contribution in [0.4, 0.5) is 0 Å². The molecule has 228 valence electrons. The highest BCUT2D eigenvalue weighted by Gasteiger charge is 2.25. The number of carboxylic acid groups (broad SMARTS) is 1. The molecule has 0 saturated carbocycles. The Balaban J connectivity index is 4.12. The van der Waals surface area contributed by atoms with Crippen LogP contribution in [-0.2, 0) is 28.6 Å². The topological polar surface area (TPSA) is 102 Å². The van der Waals surface area contributed by atoms with Crippen LogP contribution in [0.5, 0.6) is 0 Å². The monoisotopic (exact) mass is 555 g/mol. The zero-order valence-corrected chi connectivity index (χ0v) is 25.5. The highest BCUT2D eigenvalue weighted by atomic mass is 16.6. The van der Waals surface area contributed by atoms with Crippen molar-refractivity contribution in [2.45, 2.75) is 129 Å². The molecule has 0 bridgehead atoms. The third-order valence-electron chi connectivity index (χ3n) is 6.71. The van der Waals surface area contributed by atoms with Gasteiger partial charge in [-0.3, -0.25) is 9.59 Å².